The van der Waals surface area contributed by atoms with E-state index in [0.717, 1.165) is 62.5 Å². The number of benzene rings is 2. The lowest BCUT2D eigenvalue weighted by Gasteiger charge is -2.17. The Morgan fingerprint density at radius 2 is 1.69 bits per heavy atom. The van der Waals surface area contributed by atoms with Crippen LogP contribution in [0.2, 0.25) is 0 Å². The number of aryl methyl sites for hydroxylation is 1. The van der Waals surface area contributed by atoms with Crippen LogP contribution in [0.3, 0.4) is 0 Å². The molecular formula is C28H33F3N4O. The second-order valence-corrected chi connectivity index (χ2v) is 9.22. The summed E-state index contributed by atoms with van der Waals surface area (Å²) in [4.78, 5) is 8.13. The van der Waals surface area contributed by atoms with Gasteiger partial charge in [0, 0.05) is 17.6 Å². The summed E-state index contributed by atoms with van der Waals surface area (Å²) in [6, 6.07) is 14.7. The van der Waals surface area contributed by atoms with Crippen molar-refractivity contribution in [2.75, 3.05) is 10.6 Å². The highest BCUT2D eigenvalue weighted by molar-refractivity contribution is 5.65. The van der Waals surface area contributed by atoms with Crippen LogP contribution in [0.1, 0.15) is 69.4 Å². The number of anilines is 4. The molecule has 5 nitrogen and oxygen atoms in total. The molecule has 4 rings (SSSR count). The number of unbranched alkanes of at least 4 members (excludes halogenated alkanes) is 3. The maximum atomic E-state index is 13.8. The summed E-state index contributed by atoms with van der Waals surface area (Å²) in [6.07, 6.45) is 6.12. The van der Waals surface area contributed by atoms with Gasteiger partial charge >= 0.3 is 6.18 Å². The lowest BCUT2D eigenvalue weighted by atomic mass is 10.0. The zero-order valence-corrected chi connectivity index (χ0v) is 20.6. The van der Waals surface area contributed by atoms with Crippen LogP contribution in [-0.2, 0) is 12.6 Å². The lowest BCUT2D eigenvalue weighted by molar-refractivity contribution is -0.137. The van der Waals surface area contributed by atoms with Crippen LogP contribution >= 0.6 is 0 Å². The quantitative estimate of drug-likeness (QED) is 0.260. The van der Waals surface area contributed by atoms with Crippen LogP contribution in [0.4, 0.5) is 36.3 Å². The van der Waals surface area contributed by atoms with Gasteiger partial charge in [-0.15, -0.1) is 0 Å². The Balaban J connectivity index is 1.51. The second kappa shape index (κ2) is 12.1. The Bertz CT molecular complexity index is 1110. The number of rotatable bonds is 11. The number of nitrogens with zero attached hydrogens (tertiary/aromatic N) is 2. The van der Waals surface area contributed by atoms with Crippen LogP contribution < -0.4 is 15.4 Å². The van der Waals surface area contributed by atoms with Gasteiger partial charge in [0.15, 0.2) is 0 Å². The van der Waals surface area contributed by atoms with Crippen molar-refractivity contribution in [2.45, 2.75) is 77.0 Å². The van der Waals surface area contributed by atoms with Crippen molar-refractivity contribution in [1.82, 2.24) is 9.97 Å². The van der Waals surface area contributed by atoms with Gasteiger partial charge in [0.05, 0.1) is 6.10 Å². The average Bonchev–Trinajstić information content (AvgIpc) is 3.37. The zero-order chi connectivity index (χ0) is 25.4. The van der Waals surface area contributed by atoms with Crippen LogP contribution in [-0.4, -0.2) is 16.1 Å². The Kier molecular flexibility index (Phi) is 8.67. The third-order valence-electron chi connectivity index (χ3n) is 6.38. The summed E-state index contributed by atoms with van der Waals surface area (Å²) in [5.74, 6) is 0.580. The van der Waals surface area contributed by atoms with Crippen LogP contribution in [0.5, 0.6) is 5.75 Å². The minimum absolute atomic E-state index is 0.0791. The molecule has 1 heterocycles. The van der Waals surface area contributed by atoms with Crippen molar-refractivity contribution in [1.29, 1.82) is 0 Å². The molecule has 2 aromatic carbocycles. The number of alkyl halides is 3. The first kappa shape index (κ1) is 25.8. The molecule has 0 atom stereocenters. The molecule has 0 radical (unpaired) electrons. The molecular weight excluding hydrogens is 465 g/mol. The van der Waals surface area contributed by atoms with E-state index < -0.39 is 11.7 Å². The standard InChI is InChI=1S/C28H33F3N4O/c1-2-3-4-5-10-20-11-6-9-14-25(20)34-26-24(28(29,30)31)19-32-27(35-26)33-21-15-17-23(18-16-21)36-22-12-7-8-13-22/h6,9,11,14-19,22H,2-5,7-8,10,12-13H2,1H3,(H2,32,33,34,35). The molecule has 8 heteroatoms. The molecule has 0 saturated heterocycles. The van der Waals surface area contributed by atoms with Gasteiger partial charge in [0.2, 0.25) is 5.95 Å². The molecule has 1 aliphatic rings. The van der Waals surface area contributed by atoms with E-state index in [-0.39, 0.29) is 17.9 Å². The summed E-state index contributed by atoms with van der Waals surface area (Å²) in [5, 5.41) is 5.94. The molecule has 0 bridgehead atoms. The molecule has 1 fully saturated rings. The smallest absolute Gasteiger partial charge is 0.421 e. The molecule has 0 amide bonds. The number of nitrogens with one attached hydrogen (secondary N) is 2. The van der Waals surface area contributed by atoms with E-state index in [1.165, 1.54) is 12.8 Å². The van der Waals surface area contributed by atoms with Crippen molar-refractivity contribution in [2.24, 2.45) is 0 Å². The number of ether oxygens (including phenoxy) is 1. The minimum atomic E-state index is -4.59. The molecule has 2 N–H and O–H groups in total. The first-order valence-electron chi connectivity index (χ1n) is 12.8. The Hall–Kier alpha value is -3.29. The van der Waals surface area contributed by atoms with Gasteiger partial charge in [0.25, 0.3) is 0 Å². The summed E-state index contributed by atoms with van der Waals surface area (Å²) in [6.45, 7) is 2.15. The highest BCUT2D eigenvalue weighted by Crippen LogP contribution is 2.36. The van der Waals surface area contributed by atoms with Crippen molar-refractivity contribution < 1.29 is 17.9 Å². The molecule has 1 aromatic heterocycles. The van der Waals surface area contributed by atoms with Crippen molar-refractivity contribution in [3.8, 4) is 5.75 Å². The number of aromatic nitrogens is 2. The molecule has 36 heavy (non-hydrogen) atoms. The second-order valence-electron chi connectivity index (χ2n) is 9.22. The van der Waals surface area contributed by atoms with Crippen molar-refractivity contribution >= 4 is 23.1 Å². The number of halogens is 3. The molecule has 0 spiro atoms. The predicted molar refractivity (Wildman–Crippen MR) is 137 cm³/mol. The van der Waals surface area contributed by atoms with Crippen LogP contribution in [0, 0.1) is 0 Å². The summed E-state index contributed by atoms with van der Waals surface area (Å²) < 4.78 is 47.2. The van der Waals surface area contributed by atoms with Gasteiger partial charge < -0.3 is 15.4 Å². The van der Waals surface area contributed by atoms with Gasteiger partial charge in [-0.3, -0.25) is 0 Å². The molecule has 0 aliphatic heterocycles. The van der Waals surface area contributed by atoms with Gasteiger partial charge in [0.1, 0.15) is 17.1 Å². The normalized spacial score (nSPS) is 14.1. The maximum absolute atomic E-state index is 13.8. The van der Waals surface area contributed by atoms with E-state index >= 15 is 0 Å². The van der Waals surface area contributed by atoms with Gasteiger partial charge in [-0.05, 0) is 74.4 Å². The van der Waals surface area contributed by atoms with E-state index in [0.29, 0.717) is 11.4 Å². The van der Waals surface area contributed by atoms with E-state index in [1.54, 1.807) is 12.1 Å². The first-order valence-corrected chi connectivity index (χ1v) is 12.8. The average molecular weight is 499 g/mol. The Morgan fingerprint density at radius 1 is 0.944 bits per heavy atom. The fraction of sp³-hybridized carbons (Fsp3) is 0.429. The van der Waals surface area contributed by atoms with E-state index in [2.05, 4.69) is 27.5 Å². The van der Waals surface area contributed by atoms with Gasteiger partial charge in [-0.25, -0.2) is 4.98 Å². The Labute approximate surface area is 210 Å². The largest absolute Gasteiger partial charge is 0.490 e. The third kappa shape index (κ3) is 7.12. The zero-order valence-electron chi connectivity index (χ0n) is 20.6. The third-order valence-corrected chi connectivity index (χ3v) is 6.38. The van der Waals surface area contributed by atoms with Crippen molar-refractivity contribution in [3.05, 3.63) is 65.9 Å². The van der Waals surface area contributed by atoms with Gasteiger partial charge in [-0.2, -0.15) is 18.2 Å². The minimum Gasteiger partial charge on any atom is -0.490 e. The molecule has 3 aromatic rings. The Morgan fingerprint density at radius 3 is 2.42 bits per heavy atom. The fourth-order valence-electron chi connectivity index (χ4n) is 4.42. The van der Waals surface area contributed by atoms with Crippen LogP contribution in [0.25, 0.3) is 0 Å². The summed E-state index contributed by atoms with van der Waals surface area (Å²) in [5.41, 5.74) is 1.34. The topological polar surface area (TPSA) is 59.1 Å². The number of hydrogen-bond acceptors (Lipinski definition) is 5. The maximum Gasteiger partial charge on any atom is 0.421 e. The van der Waals surface area contributed by atoms with E-state index in [4.69, 9.17) is 4.74 Å². The molecule has 0 unspecified atom stereocenters. The highest BCUT2D eigenvalue weighted by Gasteiger charge is 2.35. The first-order chi connectivity index (χ1) is 17.4. The monoisotopic (exact) mass is 498 g/mol. The van der Waals surface area contributed by atoms with E-state index in [9.17, 15) is 13.2 Å². The van der Waals surface area contributed by atoms with Crippen LogP contribution in [0.15, 0.2) is 54.7 Å². The van der Waals surface area contributed by atoms with E-state index in [1.807, 2.05) is 36.4 Å². The highest BCUT2D eigenvalue weighted by atomic mass is 19.4. The molecule has 1 saturated carbocycles. The predicted octanol–water partition coefficient (Wildman–Crippen LogP) is 8.43. The lowest BCUT2D eigenvalue weighted by Crippen LogP contribution is -2.13. The molecule has 1 aliphatic carbocycles. The van der Waals surface area contributed by atoms with Gasteiger partial charge in [-0.1, -0.05) is 44.4 Å². The molecule has 192 valence electrons. The number of para-hydroxylation sites is 1. The fourth-order valence-corrected chi connectivity index (χ4v) is 4.42. The van der Waals surface area contributed by atoms with Crippen molar-refractivity contribution in [3.63, 3.8) is 0 Å². The summed E-state index contributed by atoms with van der Waals surface area (Å²) in [7, 11) is 0. The number of hydrogen-bond donors (Lipinski definition) is 2. The SMILES string of the molecule is CCCCCCc1ccccc1Nc1nc(Nc2ccc(OC3CCCC3)cc2)ncc1C(F)(F)F. The summed E-state index contributed by atoms with van der Waals surface area (Å²) >= 11 is 0.